The second kappa shape index (κ2) is 11.2. The molecule has 2 aromatic rings. The molecule has 11 heteroatoms. The second-order valence-electron chi connectivity index (χ2n) is 8.69. The molecule has 35 heavy (non-hydrogen) atoms. The highest BCUT2D eigenvalue weighted by atomic mass is 32.2. The maximum absolute atomic E-state index is 12.7. The SMILES string of the molecule is O=C(O)C[C@@H](NC(=O)CC1CCC(NS(=O)(=O)c2ccc(C(F)(F)F)cc2)CC1)c1ccccc1. The molecule has 1 aliphatic carbocycles. The van der Waals surface area contributed by atoms with Gasteiger partial charge in [-0.1, -0.05) is 30.3 Å². The smallest absolute Gasteiger partial charge is 0.416 e. The van der Waals surface area contributed by atoms with Gasteiger partial charge in [0.2, 0.25) is 15.9 Å². The first kappa shape index (κ1) is 26.7. The molecule has 1 aliphatic rings. The molecule has 3 rings (SSSR count). The molecular formula is C24H27F3N2O5S. The van der Waals surface area contributed by atoms with Crippen molar-refractivity contribution in [1.29, 1.82) is 0 Å². The number of carboxylic acid groups (broad SMARTS) is 1. The predicted octanol–water partition coefficient (Wildman–Crippen LogP) is 4.26. The number of nitrogens with one attached hydrogen (secondary N) is 2. The number of carboxylic acids is 1. The van der Waals surface area contributed by atoms with E-state index in [4.69, 9.17) is 0 Å². The Morgan fingerprint density at radius 2 is 1.57 bits per heavy atom. The van der Waals surface area contributed by atoms with Crippen LogP contribution < -0.4 is 10.0 Å². The molecule has 3 N–H and O–H groups in total. The minimum absolute atomic E-state index is 0.0167. The number of aliphatic carboxylic acids is 1. The zero-order valence-electron chi connectivity index (χ0n) is 18.8. The number of benzene rings is 2. The Balaban J connectivity index is 1.51. The molecule has 0 unspecified atom stereocenters. The van der Waals surface area contributed by atoms with E-state index in [9.17, 15) is 36.3 Å². The average molecular weight is 513 g/mol. The summed E-state index contributed by atoms with van der Waals surface area (Å²) in [5, 5.41) is 12.0. The molecule has 1 saturated carbocycles. The Bertz CT molecular complexity index is 1110. The quantitative estimate of drug-likeness (QED) is 0.465. The van der Waals surface area contributed by atoms with Gasteiger partial charge in [-0.05, 0) is 61.4 Å². The molecule has 0 radical (unpaired) electrons. The van der Waals surface area contributed by atoms with Crippen LogP contribution in [0.15, 0.2) is 59.5 Å². The Morgan fingerprint density at radius 3 is 2.11 bits per heavy atom. The first-order valence-corrected chi connectivity index (χ1v) is 12.7. The summed E-state index contributed by atoms with van der Waals surface area (Å²) in [6.07, 6.45) is -2.46. The van der Waals surface area contributed by atoms with Gasteiger partial charge in [0, 0.05) is 12.5 Å². The van der Waals surface area contributed by atoms with Crippen LogP contribution in [-0.4, -0.2) is 31.4 Å². The van der Waals surface area contributed by atoms with Crippen molar-refractivity contribution in [3.8, 4) is 0 Å². The molecule has 1 atom stereocenters. The zero-order valence-corrected chi connectivity index (χ0v) is 19.6. The van der Waals surface area contributed by atoms with Crippen molar-refractivity contribution in [2.45, 2.75) is 61.7 Å². The van der Waals surface area contributed by atoms with E-state index in [0.717, 1.165) is 24.3 Å². The van der Waals surface area contributed by atoms with Gasteiger partial charge in [0.15, 0.2) is 0 Å². The van der Waals surface area contributed by atoms with Crippen molar-refractivity contribution in [2.24, 2.45) is 5.92 Å². The summed E-state index contributed by atoms with van der Waals surface area (Å²) in [6.45, 7) is 0. The highest BCUT2D eigenvalue weighted by Gasteiger charge is 2.31. The Kier molecular flexibility index (Phi) is 8.55. The molecule has 1 amide bonds. The summed E-state index contributed by atoms with van der Waals surface area (Å²) in [4.78, 5) is 23.5. The molecular weight excluding hydrogens is 485 g/mol. The topological polar surface area (TPSA) is 113 Å². The monoisotopic (exact) mass is 512 g/mol. The lowest BCUT2D eigenvalue weighted by molar-refractivity contribution is -0.138. The van der Waals surface area contributed by atoms with Gasteiger partial charge in [-0.2, -0.15) is 13.2 Å². The zero-order chi connectivity index (χ0) is 25.6. The average Bonchev–Trinajstić information content (AvgIpc) is 2.79. The van der Waals surface area contributed by atoms with Gasteiger partial charge in [-0.15, -0.1) is 0 Å². The minimum atomic E-state index is -4.55. The molecule has 0 aromatic heterocycles. The molecule has 190 valence electrons. The highest BCUT2D eigenvalue weighted by Crippen LogP contribution is 2.31. The van der Waals surface area contributed by atoms with Gasteiger partial charge in [0.05, 0.1) is 22.9 Å². The molecule has 0 bridgehead atoms. The second-order valence-corrected chi connectivity index (χ2v) is 10.4. The van der Waals surface area contributed by atoms with Crippen LogP contribution in [0.4, 0.5) is 13.2 Å². The van der Waals surface area contributed by atoms with Gasteiger partial charge in [-0.3, -0.25) is 9.59 Å². The highest BCUT2D eigenvalue weighted by molar-refractivity contribution is 7.89. The van der Waals surface area contributed by atoms with Crippen LogP contribution in [0, 0.1) is 5.92 Å². The number of hydrogen-bond acceptors (Lipinski definition) is 4. The van der Waals surface area contributed by atoms with Crippen molar-refractivity contribution in [3.05, 3.63) is 65.7 Å². The van der Waals surface area contributed by atoms with Crippen molar-refractivity contribution in [3.63, 3.8) is 0 Å². The van der Waals surface area contributed by atoms with E-state index in [1.165, 1.54) is 0 Å². The van der Waals surface area contributed by atoms with Gasteiger partial charge in [0.1, 0.15) is 0 Å². The van der Waals surface area contributed by atoms with E-state index >= 15 is 0 Å². The summed E-state index contributed by atoms with van der Waals surface area (Å²) in [5.41, 5.74) is -0.224. The van der Waals surface area contributed by atoms with Crippen molar-refractivity contribution < 1.29 is 36.3 Å². The maximum Gasteiger partial charge on any atom is 0.416 e. The van der Waals surface area contributed by atoms with E-state index < -0.39 is 33.8 Å². The standard InChI is InChI=1S/C24H27F3N2O5S/c25-24(26,27)18-8-12-20(13-9-18)35(33,34)29-19-10-6-16(7-11-19)14-22(30)28-21(15-23(31)32)17-4-2-1-3-5-17/h1-5,8-9,12-13,16,19,21,29H,6-7,10-11,14-15H2,(H,28,30)(H,31,32)/t16?,19?,21-/m1/s1. The van der Waals surface area contributed by atoms with Crippen molar-refractivity contribution in [1.82, 2.24) is 10.0 Å². The first-order chi connectivity index (χ1) is 16.4. The third-order valence-corrected chi connectivity index (χ3v) is 7.59. The number of hydrogen-bond donors (Lipinski definition) is 3. The molecule has 0 heterocycles. The van der Waals surface area contributed by atoms with E-state index in [1.54, 1.807) is 30.3 Å². The number of rotatable bonds is 9. The summed E-state index contributed by atoms with van der Waals surface area (Å²) < 4.78 is 65.8. The Labute approximate surface area is 201 Å². The lowest BCUT2D eigenvalue weighted by Crippen LogP contribution is -2.38. The Hall–Kier alpha value is -2.92. The fraction of sp³-hybridized carbons (Fsp3) is 0.417. The summed E-state index contributed by atoms with van der Waals surface area (Å²) in [5.74, 6) is -1.28. The third-order valence-electron chi connectivity index (χ3n) is 6.05. The van der Waals surface area contributed by atoms with Crippen LogP contribution in [0.1, 0.15) is 55.7 Å². The van der Waals surface area contributed by atoms with Crippen LogP contribution >= 0.6 is 0 Å². The number of carbonyl (C=O) groups is 2. The normalized spacial score (nSPS) is 19.6. The van der Waals surface area contributed by atoms with Gasteiger partial charge in [-0.25, -0.2) is 13.1 Å². The van der Waals surface area contributed by atoms with Gasteiger partial charge >= 0.3 is 12.1 Å². The maximum atomic E-state index is 12.7. The first-order valence-electron chi connectivity index (χ1n) is 11.2. The number of sulfonamides is 1. The van der Waals surface area contributed by atoms with E-state index in [0.29, 0.717) is 31.2 Å². The van der Waals surface area contributed by atoms with Gasteiger partial charge in [0.25, 0.3) is 0 Å². The largest absolute Gasteiger partial charge is 0.481 e. The van der Waals surface area contributed by atoms with E-state index in [1.807, 2.05) is 0 Å². The van der Waals surface area contributed by atoms with Crippen LogP contribution in [0.5, 0.6) is 0 Å². The molecule has 0 saturated heterocycles. The Morgan fingerprint density at radius 1 is 0.971 bits per heavy atom. The fourth-order valence-electron chi connectivity index (χ4n) is 4.22. The molecule has 1 fully saturated rings. The van der Waals surface area contributed by atoms with Gasteiger partial charge < -0.3 is 10.4 Å². The fourth-order valence-corrected chi connectivity index (χ4v) is 5.53. The number of carbonyl (C=O) groups excluding carboxylic acids is 1. The predicted molar refractivity (Wildman–Crippen MR) is 122 cm³/mol. The van der Waals surface area contributed by atoms with E-state index in [2.05, 4.69) is 10.0 Å². The van der Waals surface area contributed by atoms with Crippen molar-refractivity contribution >= 4 is 21.9 Å². The lowest BCUT2D eigenvalue weighted by Gasteiger charge is -2.29. The molecule has 0 aliphatic heterocycles. The number of amides is 1. The van der Waals surface area contributed by atoms with Crippen LogP contribution in [0.25, 0.3) is 0 Å². The molecule has 0 spiro atoms. The summed E-state index contributed by atoms with van der Waals surface area (Å²) in [7, 11) is -3.97. The summed E-state index contributed by atoms with van der Waals surface area (Å²) >= 11 is 0. The third kappa shape index (κ3) is 7.79. The van der Waals surface area contributed by atoms with Crippen LogP contribution in [0.2, 0.25) is 0 Å². The minimum Gasteiger partial charge on any atom is -0.481 e. The summed E-state index contributed by atoms with van der Waals surface area (Å²) in [6, 6.07) is 11.1. The molecule has 7 nitrogen and oxygen atoms in total. The lowest BCUT2D eigenvalue weighted by atomic mass is 9.84. The molecule has 2 aromatic carbocycles. The van der Waals surface area contributed by atoms with Crippen LogP contribution in [-0.2, 0) is 25.8 Å². The van der Waals surface area contributed by atoms with Crippen molar-refractivity contribution in [2.75, 3.05) is 0 Å². The van der Waals surface area contributed by atoms with Crippen LogP contribution in [0.3, 0.4) is 0 Å². The number of halogens is 3. The van der Waals surface area contributed by atoms with E-state index in [-0.39, 0.29) is 35.6 Å². The number of alkyl halides is 3.